The predicted octanol–water partition coefficient (Wildman–Crippen LogP) is 3.00. The summed E-state index contributed by atoms with van der Waals surface area (Å²) in [5.41, 5.74) is -1.13. The molecule has 196 valence electrons. The van der Waals surface area contributed by atoms with Crippen molar-refractivity contribution < 1.29 is 50.2 Å². The molecule has 0 saturated carbocycles. The number of anilines is 2. The third kappa shape index (κ3) is 7.56. The number of carbonyl (C=O) groups is 3. The Kier molecular flexibility index (Phi) is 9.11. The fourth-order valence-corrected chi connectivity index (χ4v) is 3.36. The van der Waals surface area contributed by atoms with Gasteiger partial charge in [0.05, 0.1) is 11.3 Å². The number of rotatable bonds is 7. The van der Waals surface area contributed by atoms with E-state index in [2.05, 4.69) is 4.74 Å². The number of nitrogens with zero attached hydrogens (tertiary/aromatic N) is 3. The van der Waals surface area contributed by atoms with Gasteiger partial charge in [0.25, 0.3) is 0 Å². The largest absolute Gasteiger partial charge is 0.491 e. The highest BCUT2D eigenvalue weighted by Crippen LogP contribution is 2.35. The van der Waals surface area contributed by atoms with Gasteiger partial charge in [-0.1, -0.05) is 0 Å². The van der Waals surface area contributed by atoms with Crippen LogP contribution in [0.2, 0.25) is 0 Å². The van der Waals surface area contributed by atoms with E-state index in [9.17, 15) is 40.7 Å². The first-order valence-corrected chi connectivity index (χ1v) is 10.4. The van der Waals surface area contributed by atoms with Crippen LogP contribution in [0.4, 0.5) is 37.7 Å². The van der Waals surface area contributed by atoms with Gasteiger partial charge in [0, 0.05) is 45.1 Å². The van der Waals surface area contributed by atoms with Crippen molar-refractivity contribution in [1.82, 2.24) is 4.90 Å². The molecule has 2 rings (SSSR count). The molecule has 0 radical (unpaired) electrons. The summed E-state index contributed by atoms with van der Waals surface area (Å²) in [5.74, 6) is -6.98. The summed E-state index contributed by atoms with van der Waals surface area (Å²) in [6.07, 6.45) is -10.9. The molecule has 0 N–H and O–H groups in total. The van der Waals surface area contributed by atoms with Gasteiger partial charge in [-0.05, 0) is 45.1 Å². The summed E-state index contributed by atoms with van der Waals surface area (Å²) >= 11 is 0. The van der Waals surface area contributed by atoms with Gasteiger partial charge >= 0.3 is 30.2 Å². The van der Waals surface area contributed by atoms with Gasteiger partial charge < -0.3 is 24.2 Å². The summed E-state index contributed by atoms with van der Waals surface area (Å²) in [5, 5.41) is 0. The molecular formula is C21H25F6N3O5. The van der Waals surface area contributed by atoms with E-state index in [-0.39, 0.29) is 31.7 Å². The number of alkyl halides is 6. The van der Waals surface area contributed by atoms with Crippen LogP contribution in [0.1, 0.15) is 23.2 Å². The summed E-state index contributed by atoms with van der Waals surface area (Å²) in [6, 6.07) is 2.22. The van der Waals surface area contributed by atoms with Crippen molar-refractivity contribution in [2.75, 3.05) is 57.2 Å². The normalized spacial score (nSPS) is 15.1. The number of carbonyl (C=O) groups excluding carboxylic acids is 3. The first-order chi connectivity index (χ1) is 16.1. The Morgan fingerprint density at radius 3 is 2.09 bits per heavy atom. The molecule has 1 fully saturated rings. The molecule has 8 nitrogen and oxygen atoms in total. The van der Waals surface area contributed by atoms with Crippen LogP contribution < -0.4 is 9.80 Å². The first kappa shape index (κ1) is 28.4. The molecule has 1 amide bonds. The zero-order chi connectivity index (χ0) is 26.6. The summed E-state index contributed by atoms with van der Waals surface area (Å²) < 4.78 is 87.5. The Balaban J connectivity index is 2.61. The minimum atomic E-state index is -5.51. The maximum atomic E-state index is 13.6. The first-order valence-electron chi connectivity index (χ1n) is 10.4. The van der Waals surface area contributed by atoms with Crippen molar-refractivity contribution >= 4 is 29.2 Å². The number of amides is 1. The van der Waals surface area contributed by atoms with Crippen LogP contribution in [0, 0.1) is 0 Å². The molecule has 0 bridgehead atoms. The zero-order valence-electron chi connectivity index (χ0n) is 19.2. The molecular weight excluding hydrogens is 488 g/mol. The van der Waals surface area contributed by atoms with Crippen LogP contribution in [0.3, 0.4) is 0 Å². The topological polar surface area (TPSA) is 79.4 Å². The van der Waals surface area contributed by atoms with Gasteiger partial charge in [-0.2, -0.15) is 26.3 Å². The van der Waals surface area contributed by atoms with Crippen molar-refractivity contribution in [3.63, 3.8) is 0 Å². The van der Waals surface area contributed by atoms with Crippen LogP contribution >= 0.6 is 0 Å². The van der Waals surface area contributed by atoms with Crippen LogP contribution in [0.5, 0.6) is 0 Å². The minimum Gasteiger partial charge on any atom is -0.383 e. The number of hydrogen-bond acceptors (Lipinski definition) is 7. The molecule has 1 aromatic carbocycles. The Hall–Kier alpha value is -2.87. The van der Waals surface area contributed by atoms with Crippen LogP contribution in [0.15, 0.2) is 18.2 Å². The number of benzene rings is 1. The van der Waals surface area contributed by atoms with Gasteiger partial charge in [-0.3, -0.25) is 4.79 Å². The highest BCUT2D eigenvalue weighted by atomic mass is 19.4. The van der Waals surface area contributed by atoms with E-state index >= 15 is 0 Å². The fourth-order valence-electron chi connectivity index (χ4n) is 3.36. The Labute approximate surface area is 197 Å². The van der Waals surface area contributed by atoms with E-state index in [0.717, 1.165) is 12.1 Å². The number of halogens is 6. The molecule has 35 heavy (non-hydrogen) atoms. The monoisotopic (exact) mass is 513 g/mol. The van der Waals surface area contributed by atoms with Crippen molar-refractivity contribution in [3.05, 3.63) is 23.8 Å². The van der Waals surface area contributed by atoms with Crippen molar-refractivity contribution in [2.24, 2.45) is 0 Å². The van der Waals surface area contributed by atoms with E-state index in [1.165, 1.54) is 6.07 Å². The van der Waals surface area contributed by atoms with Gasteiger partial charge in [0.2, 0.25) is 0 Å². The second-order valence-corrected chi connectivity index (χ2v) is 8.12. The lowest BCUT2D eigenvalue weighted by molar-refractivity contribution is -0.193. The second-order valence-electron chi connectivity index (χ2n) is 8.12. The average Bonchev–Trinajstić information content (AvgIpc) is 2.76. The van der Waals surface area contributed by atoms with Crippen molar-refractivity contribution in [2.45, 2.75) is 31.2 Å². The third-order valence-electron chi connectivity index (χ3n) is 5.22. The fraction of sp³-hybridized carbons (Fsp3) is 0.571. The maximum Gasteiger partial charge on any atom is 0.491 e. The van der Waals surface area contributed by atoms with Gasteiger partial charge in [-0.25, -0.2) is 9.59 Å². The third-order valence-corrected chi connectivity index (χ3v) is 5.22. The predicted molar refractivity (Wildman–Crippen MR) is 112 cm³/mol. The van der Waals surface area contributed by atoms with Crippen LogP contribution in [-0.4, -0.2) is 88.6 Å². The van der Waals surface area contributed by atoms with Crippen LogP contribution in [0.25, 0.3) is 0 Å². The molecule has 0 unspecified atom stereocenters. The molecule has 1 aromatic rings. The molecule has 1 aliphatic rings. The Bertz CT molecular complexity index is 929. The van der Waals surface area contributed by atoms with Crippen molar-refractivity contribution in [3.8, 4) is 0 Å². The number of ether oxygens (including phenoxy) is 2. The number of esters is 2. The molecule has 0 aromatic heterocycles. The summed E-state index contributed by atoms with van der Waals surface area (Å²) in [7, 11) is 5.20. The van der Waals surface area contributed by atoms with Gasteiger partial charge in [0.1, 0.15) is 0 Å². The zero-order valence-corrected chi connectivity index (χ0v) is 19.2. The molecule has 1 saturated heterocycles. The standard InChI is InChI=1S/C21H25F6N3O5/c1-28(2)8-9-29(3)14-4-5-15(17(31)35-19(33)21(25,26)27)16(12-14)30(18(32)20(22,23)24)13-6-10-34-11-7-13/h4-5,12-13H,6-11H2,1-3H3. The molecule has 14 heteroatoms. The van der Waals surface area contributed by atoms with E-state index in [1.807, 2.05) is 4.90 Å². The SMILES string of the molecule is CN(C)CCN(C)c1ccc(C(=O)OC(=O)C(F)(F)F)c(N(C(=O)C(F)(F)F)C2CCOCC2)c1. The number of likely N-dealkylation sites (N-methyl/N-ethyl adjacent to an activating group) is 2. The van der Waals surface area contributed by atoms with Gasteiger partial charge in [0.15, 0.2) is 0 Å². The summed E-state index contributed by atoms with van der Waals surface area (Å²) in [4.78, 5) is 39.9. The molecule has 0 atom stereocenters. The average molecular weight is 513 g/mol. The Morgan fingerprint density at radius 1 is 0.971 bits per heavy atom. The lowest BCUT2D eigenvalue weighted by atomic mass is 10.0. The molecule has 1 heterocycles. The van der Waals surface area contributed by atoms with E-state index in [1.54, 1.807) is 26.0 Å². The highest BCUT2D eigenvalue weighted by molar-refractivity contribution is 6.07. The highest BCUT2D eigenvalue weighted by Gasteiger charge is 2.47. The quantitative estimate of drug-likeness (QED) is 0.315. The molecule has 0 aliphatic carbocycles. The smallest absolute Gasteiger partial charge is 0.383 e. The lowest BCUT2D eigenvalue weighted by Crippen LogP contribution is -2.50. The second kappa shape index (κ2) is 11.2. The Morgan fingerprint density at radius 2 is 1.57 bits per heavy atom. The van der Waals surface area contributed by atoms with E-state index in [4.69, 9.17) is 4.74 Å². The van der Waals surface area contributed by atoms with Gasteiger partial charge in [-0.15, -0.1) is 0 Å². The maximum absolute atomic E-state index is 13.6. The lowest BCUT2D eigenvalue weighted by Gasteiger charge is -2.36. The molecule has 1 aliphatic heterocycles. The summed E-state index contributed by atoms with van der Waals surface area (Å²) in [6.45, 7) is 0.996. The minimum absolute atomic E-state index is 0.0154. The van der Waals surface area contributed by atoms with Crippen molar-refractivity contribution in [1.29, 1.82) is 0 Å². The van der Waals surface area contributed by atoms with Crippen LogP contribution in [-0.2, 0) is 19.1 Å². The van der Waals surface area contributed by atoms with E-state index < -0.39 is 47.5 Å². The van der Waals surface area contributed by atoms with E-state index in [0.29, 0.717) is 18.0 Å². The number of hydrogen-bond donors (Lipinski definition) is 0. The molecule has 0 spiro atoms.